The van der Waals surface area contributed by atoms with Gasteiger partial charge in [0, 0.05) is 12.4 Å². The molecule has 2 heterocycles. The Kier molecular flexibility index (Phi) is 3.02. The van der Waals surface area contributed by atoms with Crippen molar-refractivity contribution >= 4 is 5.91 Å². The first kappa shape index (κ1) is 11.9. The lowest BCUT2D eigenvalue weighted by atomic mass is 10.1. The van der Waals surface area contributed by atoms with Gasteiger partial charge in [-0.2, -0.15) is 0 Å². The Hall–Kier alpha value is -2.18. The first-order chi connectivity index (χ1) is 9.24. The van der Waals surface area contributed by atoms with Crippen LogP contribution in [0, 0.1) is 6.92 Å². The third-order valence-electron chi connectivity index (χ3n) is 3.50. The number of nitrogens with zero attached hydrogens (tertiary/aromatic N) is 4. The van der Waals surface area contributed by atoms with Gasteiger partial charge in [-0.25, -0.2) is 9.97 Å². The molecule has 0 aromatic carbocycles. The minimum atomic E-state index is -0.221. The first-order valence-corrected chi connectivity index (χ1v) is 6.41. The number of H-pyrrole nitrogens is 1. The van der Waals surface area contributed by atoms with Crippen molar-refractivity contribution in [3.05, 3.63) is 30.4 Å². The van der Waals surface area contributed by atoms with Gasteiger partial charge in [0.15, 0.2) is 0 Å². The zero-order valence-electron chi connectivity index (χ0n) is 10.7. The lowest BCUT2D eigenvalue weighted by Gasteiger charge is -2.21. The molecule has 1 aliphatic rings. The Balaban J connectivity index is 1.70. The zero-order chi connectivity index (χ0) is 13.2. The molecule has 7 nitrogen and oxygen atoms in total. The van der Waals surface area contributed by atoms with Crippen molar-refractivity contribution in [2.45, 2.75) is 38.3 Å². The van der Waals surface area contributed by atoms with Crippen LogP contribution in [0.3, 0.4) is 0 Å². The van der Waals surface area contributed by atoms with Gasteiger partial charge >= 0.3 is 0 Å². The van der Waals surface area contributed by atoms with Gasteiger partial charge in [-0.05, 0) is 26.2 Å². The van der Waals surface area contributed by atoms with Crippen LogP contribution in [-0.2, 0) is 0 Å². The topological polar surface area (TPSA) is 88.5 Å². The van der Waals surface area contributed by atoms with Crippen molar-refractivity contribution in [2.75, 3.05) is 0 Å². The van der Waals surface area contributed by atoms with E-state index in [4.69, 9.17) is 0 Å². The lowest BCUT2D eigenvalue weighted by Crippen LogP contribution is -2.38. The molecule has 100 valence electrons. The van der Waals surface area contributed by atoms with Crippen molar-refractivity contribution < 1.29 is 4.79 Å². The van der Waals surface area contributed by atoms with Crippen LogP contribution in [0.2, 0.25) is 0 Å². The molecule has 7 heteroatoms. The van der Waals surface area contributed by atoms with Gasteiger partial charge in [0.1, 0.15) is 5.82 Å². The predicted octanol–water partition coefficient (Wildman–Crippen LogP) is 0.833. The van der Waals surface area contributed by atoms with Gasteiger partial charge in [0.05, 0.1) is 18.4 Å². The number of hydrogen-bond donors (Lipinski definition) is 2. The van der Waals surface area contributed by atoms with Crippen molar-refractivity contribution in [2.24, 2.45) is 0 Å². The average molecular weight is 260 g/mol. The summed E-state index contributed by atoms with van der Waals surface area (Å²) in [6.07, 6.45) is 8.61. The summed E-state index contributed by atoms with van der Waals surface area (Å²) in [5.74, 6) is 0.623. The first-order valence-electron chi connectivity index (χ1n) is 6.41. The van der Waals surface area contributed by atoms with Gasteiger partial charge in [0.2, 0.25) is 5.82 Å². The van der Waals surface area contributed by atoms with Gasteiger partial charge < -0.3 is 9.88 Å². The summed E-state index contributed by atoms with van der Waals surface area (Å²) < 4.78 is 2.06. The summed E-state index contributed by atoms with van der Waals surface area (Å²) in [5, 5.41) is 9.57. The van der Waals surface area contributed by atoms with E-state index >= 15 is 0 Å². The zero-order valence-corrected chi connectivity index (χ0v) is 10.7. The monoisotopic (exact) mass is 260 g/mol. The number of aryl methyl sites for hydroxylation is 1. The van der Waals surface area contributed by atoms with E-state index in [1.54, 1.807) is 19.4 Å². The Morgan fingerprint density at radius 3 is 3.11 bits per heavy atom. The van der Waals surface area contributed by atoms with Crippen LogP contribution in [0.25, 0.3) is 0 Å². The summed E-state index contributed by atoms with van der Waals surface area (Å²) in [6.45, 7) is 1.77. The second-order valence-electron chi connectivity index (χ2n) is 4.83. The summed E-state index contributed by atoms with van der Waals surface area (Å²) in [6, 6.07) is 0.381. The van der Waals surface area contributed by atoms with E-state index in [1.165, 1.54) is 0 Å². The fraction of sp³-hybridized carbons (Fsp3) is 0.500. The number of aromatic amines is 1. The van der Waals surface area contributed by atoms with Crippen LogP contribution >= 0.6 is 0 Å². The van der Waals surface area contributed by atoms with Gasteiger partial charge in [-0.15, -0.1) is 5.10 Å². The Morgan fingerprint density at radius 2 is 2.42 bits per heavy atom. The van der Waals surface area contributed by atoms with E-state index in [0.29, 0.717) is 5.82 Å². The summed E-state index contributed by atoms with van der Waals surface area (Å²) >= 11 is 0. The molecule has 0 spiro atoms. The van der Waals surface area contributed by atoms with E-state index in [0.717, 1.165) is 19.3 Å². The average Bonchev–Trinajstić information content (AvgIpc) is 3.07. The largest absolute Gasteiger partial charge is 0.344 e. The molecule has 0 bridgehead atoms. The molecule has 2 N–H and O–H groups in total. The smallest absolute Gasteiger partial charge is 0.291 e. The van der Waals surface area contributed by atoms with E-state index in [1.807, 2.05) is 6.20 Å². The normalized spacial score (nSPS) is 22.6. The van der Waals surface area contributed by atoms with Crippen LogP contribution in [0.4, 0.5) is 0 Å². The minimum absolute atomic E-state index is 0.112. The molecule has 2 aromatic heterocycles. The lowest BCUT2D eigenvalue weighted by molar-refractivity contribution is 0.0918. The molecule has 0 aliphatic heterocycles. The molecule has 0 saturated heterocycles. The number of amides is 1. The summed E-state index contributed by atoms with van der Waals surface area (Å²) in [5.41, 5.74) is 0. The van der Waals surface area contributed by atoms with Crippen molar-refractivity contribution in [3.8, 4) is 0 Å². The molecule has 0 radical (unpaired) electrons. The quantitative estimate of drug-likeness (QED) is 0.855. The van der Waals surface area contributed by atoms with Gasteiger partial charge in [-0.1, -0.05) is 0 Å². The molecule has 1 aliphatic carbocycles. The molecular formula is C12H16N6O. The maximum atomic E-state index is 12.0. The highest BCUT2D eigenvalue weighted by molar-refractivity contribution is 5.90. The molecular weight excluding hydrogens is 244 g/mol. The maximum absolute atomic E-state index is 12.0. The van der Waals surface area contributed by atoms with Crippen molar-refractivity contribution in [1.82, 2.24) is 30.0 Å². The van der Waals surface area contributed by atoms with Gasteiger partial charge in [-0.3, -0.25) is 9.89 Å². The highest BCUT2D eigenvalue weighted by Crippen LogP contribution is 2.29. The standard InChI is InChI=1S/C12H16N6O/c1-8-14-11(17-16-8)12(19)15-9-3-2-4-10(9)18-6-5-13-7-18/h5-7,9-10H,2-4H2,1H3,(H,15,19)(H,14,16,17). The molecule has 1 saturated carbocycles. The van der Waals surface area contributed by atoms with Crippen LogP contribution in [0.1, 0.15) is 41.7 Å². The number of imidazole rings is 1. The number of hydrogen-bond acceptors (Lipinski definition) is 4. The predicted molar refractivity (Wildman–Crippen MR) is 67.5 cm³/mol. The number of nitrogens with one attached hydrogen (secondary N) is 2. The van der Waals surface area contributed by atoms with E-state index in [2.05, 4.69) is 30.0 Å². The number of rotatable bonds is 3. The van der Waals surface area contributed by atoms with Crippen LogP contribution in [0.5, 0.6) is 0 Å². The third-order valence-corrected chi connectivity index (χ3v) is 3.50. The highest BCUT2D eigenvalue weighted by Gasteiger charge is 2.30. The fourth-order valence-electron chi connectivity index (χ4n) is 2.61. The molecule has 1 fully saturated rings. The Bertz CT molecular complexity index is 561. The number of aromatic nitrogens is 5. The van der Waals surface area contributed by atoms with Crippen LogP contribution in [0.15, 0.2) is 18.7 Å². The van der Waals surface area contributed by atoms with Gasteiger partial charge in [0.25, 0.3) is 5.91 Å². The van der Waals surface area contributed by atoms with E-state index < -0.39 is 0 Å². The minimum Gasteiger partial charge on any atom is -0.344 e. The molecule has 2 unspecified atom stereocenters. The molecule has 19 heavy (non-hydrogen) atoms. The summed E-state index contributed by atoms with van der Waals surface area (Å²) in [4.78, 5) is 20.2. The van der Waals surface area contributed by atoms with Crippen molar-refractivity contribution in [3.63, 3.8) is 0 Å². The summed E-state index contributed by atoms with van der Waals surface area (Å²) in [7, 11) is 0. The maximum Gasteiger partial charge on any atom is 0.291 e. The SMILES string of the molecule is Cc1nc(C(=O)NC2CCCC2n2ccnc2)n[nH]1. The second kappa shape index (κ2) is 4.83. The van der Waals surface area contributed by atoms with E-state index in [9.17, 15) is 4.79 Å². The molecule has 3 rings (SSSR count). The van der Waals surface area contributed by atoms with E-state index in [-0.39, 0.29) is 23.8 Å². The second-order valence-corrected chi connectivity index (χ2v) is 4.83. The highest BCUT2D eigenvalue weighted by atomic mass is 16.2. The fourth-order valence-corrected chi connectivity index (χ4v) is 2.61. The van der Waals surface area contributed by atoms with Crippen LogP contribution < -0.4 is 5.32 Å². The molecule has 1 amide bonds. The number of carbonyl (C=O) groups is 1. The molecule has 2 aromatic rings. The Morgan fingerprint density at radius 1 is 1.53 bits per heavy atom. The Labute approximate surface area is 110 Å². The number of carbonyl (C=O) groups excluding carboxylic acids is 1. The van der Waals surface area contributed by atoms with Crippen molar-refractivity contribution in [1.29, 1.82) is 0 Å². The van der Waals surface area contributed by atoms with Crippen LogP contribution in [-0.4, -0.2) is 36.7 Å². The molecule has 2 atom stereocenters. The third kappa shape index (κ3) is 2.35.